The van der Waals surface area contributed by atoms with Crippen molar-refractivity contribution in [3.63, 3.8) is 0 Å². The van der Waals surface area contributed by atoms with E-state index in [0.29, 0.717) is 6.54 Å². The molecule has 1 heterocycles. The highest BCUT2D eigenvalue weighted by atomic mass is 127. The second-order valence-corrected chi connectivity index (χ2v) is 4.80. The van der Waals surface area contributed by atoms with E-state index in [0.717, 1.165) is 38.4 Å². The van der Waals surface area contributed by atoms with Crippen LogP contribution in [0.3, 0.4) is 0 Å². The zero-order valence-corrected chi connectivity index (χ0v) is 14.2. The molecule has 18 heavy (non-hydrogen) atoms. The number of aliphatic hydroxyl groups is 1. The maximum atomic E-state index is 10.2. The predicted molar refractivity (Wildman–Crippen MR) is 87.7 cm³/mol. The smallest absolute Gasteiger partial charge is 0.194 e. The number of nitrogens with one attached hydrogen (secondary N) is 1. The summed E-state index contributed by atoms with van der Waals surface area (Å²) in [6, 6.07) is 0. The molecule has 0 unspecified atom stereocenters. The Morgan fingerprint density at radius 3 is 2.22 bits per heavy atom. The quantitative estimate of drug-likeness (QED) is 0.444. The largest absolute Gasteiger partial charge is 0.388 e. The van der Waals surface area contributed by atoms with Gasteiger partial charge in [0.05, 0.1) is 12.1 Å². The second kappa shape index (κ2) is 8.96. The maximum absolute atomic E-state index is 10.2. The van der Waals surface area contributed by atoms with Crippen molar-refractivity contribution >= 4 is 29.9 Å². The Balaban J connectivity index is 0.00000289. The number of aliphatic imine (C=N–C) groups is 1. The summed E-state index contributed by atoms with van der Waals surface area (Å²) in [5, 5.41) is 13.5. The Bertz CT molecular complexity index is 249. The minimum atomic E-state index is -0.638. The Morgan fingerprint density at radius 1 is 1.22 bits per heavy atom. The predicted octanol–water partition coefficient (Wildman–Crippen LogP) is 2.22. The van der Waals surface area contributed by atoms with Gasteiger partial charge in [0, 0.05) is 19.6 Å². The summed E-state index contributed by atoms with van der Waals surface area (Å²) in [7, 11) is 0. The highest BCUT2D eigenvalue weighted by Crippen LogP contribution is 2.15. The molecule has 0 spiro atoms. The van der Waals surface area contributed by atoms with Gasteiger partial charge in [-0.2, -0.15) is 0 Å². The van der Waals surface area contributed by atoms with E-state index in [4.69, 9.17) is 0 Å². The van der Waals surface area contributed by atoms with E-state index in [9.17, 15) is 5.11 Å². The van der Waals surface area contributed by atoms with Gasteiger partial charge in [-0.25, -0.2) is 0 Å². The van der Waals surface area contributed by atoms with Crippen LogP contribution in [0.5, 0.6) is 0 Å². The molecule has 0 saturated carbocycles. The summed E-state index contributed by atoms with van der Waals surface area (Å²) in [4.78, 5) is 6.88. The molecule has 0 aromatic heterocycles. The highest BCUT2D eigenvalue weighted by molar-refractivity contribution is 14.0. The number of hydrogen-bond donors (Lipinski definition) is 2. The normalized spacial score (nSPS) is 16.7. The van der Waals surface area contributed by atoms with Gasteiger partial charge in [0.15, 0.2) is 5.96 Å². The van der Waals surface area contributed by atoms with E-state index in [2.05, 4.69) is 22.1 Å². The first-order chi connectivity index (χ1) is 8.15. The van der Waals surface area contributed by atoms with Crippen LogP contribution in [-0.4, -0.2) is 47.7 Å². The number of likely N-dealkylation sites (tertiary alicyclic amines) is 1. The molecule has 0 aromatic carbocycles. The first-order valence-corrected chi connectivity index (χ1v) is 6.91. The van der Waals surface area contributed by atoms with Crippen LogP contribution in [0.2, 0.25) is 0 Å². The van der Waals surface area contributed by atoms with Crippen molar-refractivity contribution in [2.75, 3.05) is 26.2 Å². The number of hydrogen-bond acceptors (Lipinski definition) is 2. The molecule has 5 heteroatoms. The molecule has 1 rings (SSSR count). The molecule has 0 amide bonds. The molecule has 2 N–H and O–H groups in total. The Kier molecular flexibility index (Phi) is 8.94. The minimum absolute atomic E-state index is 0. The van der Waals surface area contributed by atoms with Crippen LogP contribution in [0.15, 0.2) is 4.99 Å². The van der Waals surface area contributed by atoms with Gasteiger partial charge in [-0.3, -0.25) is 4.99 Å². The van der Waals surface area contributed by atoms with E-state index in [1.54, 1.807) is 0 Å². The van der Waals surface area contributed by atoms with Gasteiger partial charge in [0.2, 0.25) is 0 Å². The van der Waals surface area contributed by atoms with Crippen LogP contribution in [0.4, 0.5) is 0 Å². The van der Waals surface area contributed by atoms with E-state index >= 15 is 0 Å². The van der Waals surface area contributed by atoms with Crippen molar-refractivity contribution in [3.05, 3.63) is 0 Å². The van der Waals surface area contributed by atoms with Crippen LogP contribution in [0, 0.1) is 0 Å². The third-order valence-corrected chi connectivity index (χ3v) is 3.58. The summed E-state index contributed by atoms with van der Waals surface area (Å²) < 4.78 is 0. The average molecular weight is 369 g/mol. The molecule has 1 saturated heterocycles. The monoisotopic (exact) mass is 369 g/mol. The molecule has 0 aliphatic carbocycles. The van der Waals surface area contributed by atoms with E-state index in [1.165, 1.54) is 12.8 Å². The standard InChI is InChI=1S/C13H27N3O.HI/c1-4-13(17,5-2)11-15-12(14-6-3)16-9-7-8-10-16;/h17H,4-11H2,1-3H3,(H,14,15);1H. The maximum Gasteiger partial charge on any atom is 0.194 e. The van der Waals surface area contributed by atoms with E-state index in [1.807, 2.05) is 13.8 Å². The van der Waals surface area contributed by atoms with E-state index in [-0.39, 0.29) is 24.0 Å². The third kappa shape index (κ3) is 5.30. The average Bonchev–Trinajstić information content (AvgIpc) is 2.87. The minimum Gasteiger partial charge on any atom is -0.388 e. The first-order valence-electron chi connectivity index (χ1n) is 6.91. The van der Waals surface area contributed by atoms with Gasteiger partial charge in [-0.1, -0.05) is 13.8 Å². The van der Waals surface area contributed by atoms with Crippen molar-refractivity contribution in [2.45, 2.75) is 52.1 Å². The van der Waals surface area contributed by atoms with Gasteiger partial charge in [-0.05, 0) is 32.6 Å². The fourth-order valence-electron chi connectivity index (χ4n) is 2.05. The number of guanidine groups is 1. The van der Waals surface area contributed by atoms with Crippen molar-refractivity contribution in [3.8, 4) is 0 Å². The second-order valence-electron chi connectivity index (χ2n) is 4.80. The summed E-state index contributed by atoms with van der Waals surface area (Å²) in [6.07, 6.45) is 4.01. The van der Waals surface area contributed by atoms with Crippen LogP contribution < -0.4 is 5.32 Å². The van der Waals surface area contributed by atoms with Crippen molar-refractivity contribution < 1.29 is 5.11 Å². The van der Waals surface area contributed by atoms with Crippen molar-refractivity contribution in [1.29, 1.82) is 0 Å². The Hall–Kier alpha value is -0.0400. The molecule has 0 atom stereocenters. The van der Waals surface area contributed by atoms with Gasteiger partial charge >= 0.3 is 0 Å². The lowest BCUT2D eigenvalue weighted by Crippen LogP contribution is -2.41. The zero-order valence-electron chi connectivity index (χ0n) is 11.9. The van der Waals surface area contributed by atoms with Crippen molar-refractivity contribution in [2.24, 2.45) is 4.99 Å². The topological polar surface area (TPSA) is 47.9 Å². The lowest BCUT2D eigenvalue weighted by molar-refractivity contribution is 0.0416. The van der Waals surface area contributed by atoms with Gasteiger partial charge in [-0.15, -0.1) is 24.0 Å². The molecule has 1 aliphatic rings. The van der Waals surface area contributed by atoms with Crippen molar-refractivity contribution in [1.82, 2.24) is 10.2 Å². The summed E-state index contributed by atoms with van der Waals surface area (Å²) in [6.45, 7) is 9.66. The molecule has 0 aromatic rings. The molecule has 1 fully saturated rings. The summed E-state index contributed by atoms with van der Waals surface area (Å²) in [5.41, 5.74) is -0.638. The number of halogens is 1. The van der Waals surface area contributed by atoms with Crippen LogP contribution >= 0.6 is 24.0 Å². The lowest BCUT2D eigenvalue weighted by Gasteiger charge is -2.26. The fraction of sp³-hybridized carbons (Fsp3) is 0.923. The summed E-state index contributed by atoms with van der Waals surface area (Å²) in [5.74, 6) is 0.963. The van der Waals surface area contributed by atoms with Crippen LogP contribution in [0.1, 0.15) is 46.5 Å². The Morgan fingerprint density at radius 2 is 1.78 bits per heavy atom. The molecule has 4 nitrogen and oxygen atoms in total. The van der Waals surface area contributed by atoms with Gasteiger partial charge in [0.25, 0.3) is 0 Å². The molecule has 1 aliphatic heterocycles. The summed E-state index contributed by atoms with van der Waals surface area (Å²) >= 11 is 0. The number of rotatable bonds is 5. The molecular weight excluding hydrogens is 341 g/mol. The zero-order chi connectivity index (χ0) is 12.7. The van der Waals surface area contributed by atoms with Gasteiger partial charge in [0.1, 0.15) is 0 Å². The van der Waals surface area contributed by atoms with Crippen LogP contribution in [0.25, 0.3) is 0 Å². The first kappa shape index (κ1) is 18.0. The molecule has 108 valence electrons. The fourth-order valence-corrected chi connectivity index (χ4v) is 2.05. The lowest BCUT2D eigenvalue weighted by atomic mass is 9.98. The molecule has 0 radical (unpaired) electrons. The molecular formula is C13H28IN3O. The van der Waals surface area contributed by atoms with Gasteiger partial charge < -0.3 is 15.3 Å². The Labute approximate surface area is 128 Å². The SMILES string of the molecule is CCNC(=NCC(O)(CC)CC)N1CCCC1.I. The molecule has 0 bridgehead atoms. The highest BCUT2D eigenvalue weighted by Gasteiger charge is 2.23. The number of nitrogens with zero attached hydrogens (tertiary/aromatic N) is 2. The van der Waals surface area contributed by atoms with E-state index < -0.39 is 5.60 Å². The van der Waals surface area contributed by atoms with Crippen LogP contribution in [-0.2, 0) is 0 Å². The third-order valence-electron chi connectivity index (χ3n) is 3.58.